The number of aryl methyl sites for hydroxylation is 1. The zero-order chi connectivity index (χ0) is 85.8. The third-order valence-corrected chi connectivity index (χ3v) is 26.9. The van der Waals surface area contributed by atoms with Crippen molar-refractivity contribution in [2.24, 2.45) is 41.4 Å². The molecule has 9 aromatic carbocycles. The Morgan fingerprint density at radius 1 is 0.320 bits per heavy atom. The molecular weight excluding hydrogens is 2620 g/mol. The van der Waals surface area contributed by atoms with Gasteiger partial charge in [-0.1, -0.05) is 179 Å². The zero-order valence-corrected chi connectivity index (χ0v) is 128. The Bertz CT molecular complexity index is 4350. The van der Waals surface area contributed by atoms with Gasteiger partial charge in [-0.05, 0) is 240 Å². The second-order valence-corrected chi connectivity index (χ2v) is 39.0. The predicted molar refractivity (Wildman–Crippen MR) is 490 cm³/mol. The van der Waals surface area contributed by atoms with E-state index in [0.717, 1.165) is 111 Å². The number of rotatable bonds is 25. The second-order valence-electron chi connectivity index (χ2n) is 30.0. The second kappa shape index (κ2) is 74.2. The molecule has 0 aliphatic carbocycles. The molecule has 7 aliphatic rings. The minimum atomic E-state index is -0.347. The molecule has 7 unspecified atom stereocenters. The molecule has 16 rings (SSSR count). The van der Waals surface area contributed by atoms with Crippen molar-refractivity contribution in [3.05, 3.63) is 286 Å². The van der Waals surface area contributed by atoms with Crippen LogP contribution in [0.1, 0.15) is 117 Å². The predicted octanol–water partition coefficient (Wildman–Crippen LogP) is 6.82. The summed E-state index contributed by atoms with van der Waals surface area (Å²) in [5.74, 6) is 8.74. The molecule has 7 fully saturated rings. The number of hydrogen-bond acceptors (Lipinski definition) is 21. The molecule has 0 radical (unpaired) electrons. The third-order valence-electron chi connectivity index (χ3n) is 18.9. The van der Waals surface area contributed by atoms with E-state index >= 15 is 0 Å². The van der Waals surface area contributed by atoms with Gasteiger partial charge in [-0.15, -0.1) is 41.4 Å². The fourth-order valence-electron chi connectivity index (χ4n) is 12.4. The van der Waals surface area contributed by atoms with E-state index in [1.165, 1.54) is 43.8 Å². The summed E-state index contributed by atoms with van der Waals surface area (Å²) < 4.78 is 97.5. The molecule has 7 aliphatic heterocycles. The van der Waals surface area contributed by atoms with Crippen LogP contribution in [0.3, 0.4) is 0 Å². The van der Waals surface area contributed by atoms with E-state index in [4.69, 9.17) is 73.2 Å². The van der Waals surface area contributed by atoms with Gasteiger partial charge >= 0.3 is 482 Å². The van der Waals surface area contributed by atoms with E-state index in [0.29, 0.717) is 72.0 Å². The summed E-state index contributed by atoms with van der Waals surface area (Å²) in [6.45, 7) is 33.9. The molecule has 1 N–H and O–H groups in total. The maximum absolute atomic E-state index is 13.1. The molecule has 0 aromatic heterocycles. The normalized spacial score (nSPS) is 22.4. The molecule has 128 heavy (non-hydrogen) atoms. The van der Waals surface area contributed by atoms with Crippen LogP contribution < -0.4 is 511 Å². The standard InChI is InChI=1S/C19H20FO2S.C18H17ClFO2S.C13H17O2S.3C12H15O2S.C11H13O2S.7Cs/c1-13-8-19(22-11-13)23-18-5-3-4-17(10-18)21-12-15-6-7-16(20)9-14(15)2;1-12-7-18(22-10-12)23-16-4-2-3-15(9-16)21-11-13-5-6-14(20)8-17(13)19;1-3-14-11-4-6-12(7-5-11)16-13-8-10(2)9-15-13;2*1-9-7-12(14-8-9)15-11-5-3-10(13-2)4-6-11;1-9-6-12(14-8-9)15-11-5-3-4-10(7-11)13-2;1-8-5-11(13-7-8)14-10-4-2-3-9(12)6-10;;;;;;;/h3-7,9-11,13,19H,8,12H2,1-2H3;2-6,8-10,12,18H,7,11H2,1H3;4-7,9-10,13H,3,8H2,1-2H3;2*3-6,8-9,12H,7H2,1-2H3;3-5,7-9,12H,6H2,1-2H3;2-4,6-8,11-12H,5H2,1H3;;;;;;;/q7*-1;7*+1/t13-,19?;12-,18?;10-,13?;3*9-,12?;8-,11?;;;;;;;/m1111111......./s1. The number of thioether (sulfide) groups is 7. The molecule has 654 valence electrons. The monoisotopic (exact) mass is 2730 g/mol. The zero-order valence-electron chi connectivity index (χ0n) is 77.6. The molecule has 9 aromatic rings. The van der Waals surface area contributed by atoms with Gasteiger partial charge < -0.3 is 66.7 Å². The van der Waals surface area contributed by atoms with Crippen molar-refractivity contribution in [2.45, 2.75) is 193 Å². The molecule has 14 nitrogen and oxygen atoms in total. The fourth-order valence-corrected chi connectivity index (χ4v) is 20.7. The van der Waals surface area contributed by atoms with Crippen LogP contribution in [-0.4, -0.2) is 71.1 Å². The van der Waals surface area contributed by atoms with Crippen LogP contribution in [0, 0.1) is 106 Å². The van der Waals surface area contributed by atoms with Gasteiger partial charge in [0.25, 0.3) is 0 Å². The van der Waals surface area contributed by atoms with Crippen LogP contribution in [0.5, 0.6) is 40.2 Å². The summed E-state index contributed by atoms with van der Waals surface area (Å²) in [4.78, 5) is 8.16. The Morgan fingerprint density at radius 3 is 0.883 bits per heavy atom. The Balaban J connectivity index is 0.000000385. The number of benzene rings is 9. The van der Waals surface area contributed by atoms with Crippen LogP contribution in [0.25, 0.3) is 0 Å². The van der Waals surface area contributed by atoms with E-state index in [2.05, 4.69) is 97.0 Å². The largest absolute Gasteiger partial charge is 1.00 e. The van der Waals surface area contributed by atoms with Crippen LogP contribution in [0.2, 0.25) is 5.02 Å². The van der Waals surface area contributed by atoms with Gasteiger partial charge in [0.1, 0.15) is 65.1 Å². The first kappa shape index (κ1) is 130. The maximum Gasteiger partial charge on any atom is 1.00 e. The average Bonchev–Trinajstić information content (AvgIpc) is 1.06. The SMILES string of the molecule is CCOc1ccc(SC2C[C@@H](C)[CH-]O2)cc1.COc1ccc(SC2C[C@@H](C)[CH-]O2)cc1.COc1ccc(SC2C[C@@H](C)[CH-]O2)cc1.COc1cccc(SC2C[C@@H](C)[CH-]O2)c1.C[C@H]1[CH-]OC(Sc2cccc(O)c2)C1.C[C@H]1[CH-]OC(Sc2cccc(OCc3ccc(F)cc3Cl)c2)C1.Cc1cc(F)ccc1COc1cccc(SC2C[C@@H](C)[CH-]O2)c1.[Cs+].[Cs+].[Cs+].[Cs+].[Cs+].[Cs+].[Cs+]. The van der Waals surface area contributed by atoms with Crippen molar-refractivity contribution in [2.75, 3.05) is 27.9 Å². The van der Waals surface area contributed by atoms with E-state index in [9.17, 15) is 13.9 Å². The van der Waals surface area contributed by atoms with Gasteiger partial charge in [0.05, 0.1) is 71.0 Å². The molecule has 7 heterocycles. The van der Waals surface area contributed by atoms with E-state index in [-0.39, 0.29) is 532 Å². The Hall–Kier alpha value is 8.26. The first-order valence-corrected chi connectivity index (χ1v) is 47.3. The molecule has 31 heteroatoms. The molecule has 0 saturated carbocycles. The maximum atomic E-state index is 13.1. The van der Waals surface area contributed by atoms with Crippen molar-refractivity contribution in [3.8, 4) is 40.2 Å². The summed E-state index contributed by atoms with van der Waals surface area (Å²) in [5, 5.41) is 9.65. The summed E-state index contributed by atoms with van der Waals surface area (Å²) in [6.07, 6.45) is 7.46. The molecule has 0 amide bonds. The molecular formula is C97H112ClCs7F2O14S7. The fraction of sp³-hybridized carbons (Fsp3) is 0.371. The van der Waals surface area contributed by atoms with Crippen LogP contribution >= 0.6 is 93.9 Å². The van der Waals surface area contributed by atoms with Gasteiger partial charge in [-0.2, -0.15) is 0 Å². The topological polar surface area (TPSA) is 140 Å². The Morgan fingerprint density at radius 2 is 0.594 bits per heavy atom. The molecule has 7 saturated heterocycles. The van der Waals surface area contributed by atoms with Crippen molar-refractivity contribution < 1.29 is 558 Å². The van der Waals surface area contributed by atoms with Gasteiger partial charge in [0.2, 0.25) is 0 Å². The van der Waals surface area contributed by atoms with Crippen LogP contribution in [0.15, 0.2) is 241 Å². The van der Waals surface area contributed by atoms with Gasteiger partial charge in [0, 0.05) is 39.8 Å². The quantitative estimate of drug-likeness (QED) is 0.0599. The summed E-state index contributed by atoms with van der Waals surface area (Å²) >= 11 is 18.1. The number of methoxy groups -OCH3 is 3. The van der Waals surface area contributed by atoms with Crippen molar-refractivity contribution >= 4 is 93.9 Å². The first-order valence-electron chi connectivity index (χ1n) is 40.7. The molecule has 0 spiro atoms. The van der Waals surface area contributed by atoms with Crippen molar-refractivity contribution in [1.29, 1.82) is 0 Å². The third kappa shape index (κ3) is 51.9. The number of aromatic hydroxyl groups is 1. The summed E-state index contributed by atoms with van der Waals surface area (Å²) in [7, 11) is 5.05. The smallest absolute Gasteiger partial charge is 0.542 e. The number of phenolic OH excluding ortho intramolecular Hbond substituents is 1. The number of ether oxygens (including phenoxy) is 13. The van der Waals surface area contributed by atoms with E-state index in [1.807, 2.05) is 169 Å². The van der Waals surface area contributed by atoms with Crippen LogP contribution in [0.4, 0.5) is 8.78 Å². The van der Waals surface area contributed by atoms with Gasteiger partial charge in [-0.3, -0.25) is 0 Å². The number of hydrogen-bond donors (Lipinski definition) is 1. The minimum absolute atomic E-state index is 0. The van der Waals surface area contributed by atoms with Gasteiger partial charge in [-0.25, -0.2) is 55.0 Å². The van der Waals surface area contributed by atoms with Gasteiger partial charge in [0.15, 0.2) is 0 Å². The van der Waals surface area contributed by atoms with E-state index in [1.54, 1.807) is 128 Å². The van der Waals surface area contributed by atoms with Crippen molar-refractivity contribution in [1.82, 2.24) is 0 Å². The number of phenols is 1. The minimum Gasteiger partial charge on any atom is -0.542 e. The summed E-state index contributed by atoms with van der Waals surface area (Å²) in [5.41, 5.74) is 4.26. The summed E-state index contributed by atoms with van der Waals surface area (Å²) in [6, 6.07) is 64.6. The van der Waals surface area contributed by atoms with Crippen LogP contribution in [-0.2, 0) is 46.4 Å². The Labute approximate surface area is 1210 Å². The van der Waals surface area contributed by atoms with Crippen molar-refractivity contribution in [3.63, 3.8) is 0 Å². The first-order chi connectivity index (χ1) is 58.5. The van der Waals surface area contributed by atoms with E-state index < -0.39 is 0 Å². The Kier molecular flexibility index (Phi) is 75.6. The molecule has 14 atom stereocenters. The molecule has 0 bridgehead atoms. The average molecular weight is 2730 g/mol. The number of halogens is 3.